The molecule has 2 aromatic rings. The number of hydrogen-bond acceptors (Lipinski definition) is 2. The molecule has 5 heteroatoms. The summed E-state index contributed by atoms with van der Waals surface area (Å²) in [6.07, 6.45) is 0.467. The number of nitrogens with one attached hydrogen (secondary N) is 2. The van der Waals surface area contributed by atoms with Crippen LogP contribution >= 0.6 is 0 Å². The number of Topliss-reactive ketones (excluding diaryl/α,β-unsaturated/α-hetero) is 1. The predicted octanol–water partition coefficient (Wildman–Crippen LogP) is 1.16. The molecule has 1 unspecified atom stereocenters. The van der Waals surface area contributed by atoms with Gasteiger partial charge in [-0.05, 0) is 25.0 Å². The van der Waals surface area contributed by atoms with E-state index >= 15 is 0 Å². The quantitative estimate of drug-likeness (QED) is 0.756. The molecule has 0 aliphatic carbocycles. The van der Waals surface area contributed by atoms with Crippen molar-refractivity contribution in [1.82, 2.24) is 5.32 Å². The summed E-state index contributed by atoms with van der Waals surface area (Å²) in [4.78, 5) is 24.9. The van der Waals surface area contributed by atoms with Crippen LogP contribution in [0, 0.1) is 5.82 Å². The second-order valence-electron chi connectivity index (χ2n) is 6.32. The molecule has 2 rings (SSSR count). The molecule has 2 aromatic carbocycles. The van der Waals surface area contributed by atoms with Crippen molar-refractivity contribution in [3.05, 3.63) is 71.5 Å². The number of benzene rings is 2. The molecule has 4 nitrogen and oxygen atoms in total. The van der Waals surface area contributed by atoms with E-state index in [4.69, 9.17) is 0 Å². The van der Waals surface area contributed by atoms with Crippen LogP contribution in [0.15, 0.2) is 54.6 Å². The van der Waals surface area contributed by atoms with Crippen molar-refractivity contribution in [1.29, 1.82) is 0 Å². The number of quaternary nitrogens is 1. The van der Waals surface area contributed by atoms with Crippen LogP contribution in [-0.2, 0) is 22.6 Å². The molecule has 0 spiro atoms. The Labute approximate surface area is 147 Å². The molecule has 25 heavy (non-hydrogen) atoms. The fraction of sp³-hybridized carbons (Fsp3) is 0.300. The summed E-state index contributed by atoms with van der Waals surface area (Å²) in [5.41, 5.74) is 1.57. The largest absolute Gasteiger partial charge is 0.341 e. The summed E-state index contributed by atoms with van der Waals surface area (Å²) in [6, 6.07) is 15.6. The van der Waals surface area contributed by atoms with Crippen molar-refractivity contribution in [3.8, 4) is 0 Å². The van der Waals surface area contributed by atoms with Crippen LogP contribution in [0.4, 0.5) is 4.39 Å². The van der Waals surface area contributed by atoms with Crippen LogP contribution in [0.25, 0.3) is 0 Å². The Morgan fingerprint density at radius 1 is 1.08 bits per heavy atom. The number of hydrogen-bond donors (Lipinski definition) is 2. The minimum atomic E-state index is -0.545. The van der Waals surface area contributed by atoms with Gasteiger partial charge in [0.05, 0.1) is 13.1 Å². The molecule has 0 aromatic heterocycles. The smallest absolute Gasteiger partial charge is 0.275 e. The Morgan fingerprint density at radius 3 is 2.36 bits per heavy atom. The second kappa shape index (κ2) is 9.08. The van der Waals surface area contributed by atoms with Gasteiger partial charge < -0.3 is 10.2 Å². The molecule has 0 fully saturated rings. The molecular weight excluding hydrogens is 319 g/mol. The topological polar surface area (TPSA) is 50.6 Å². The SMILES string of the molecule is CC(=O)[C@H](Cc1ccccc1)NC(=O)C[NH+](C)Cc1ccccc1F. The number of ketones is 1. The van der Waals surface area contributed by atoms with Gasteiger partial charge in [0.2, 0.25) is 0 Å². The number of amides is 1. The van der Waals surface area contributed by atoms with Crippen LogP contribution < -0.4 is 10.2 Å². The Morgan fingerprint density at radius 2 is 1.72 bits per heavy atom. The summed E-state index contributed by atoms with van der Waals surface area (Å²) in [6.45, 7) is 2.06. The predicted molar refractivity (Wildman–Crippen MR) is 94.6 cm³/mol. The van der Waals surface area contributed by atoms with Gasteiger partial charge in [-0.25, -0.2) is 4.39 Å². The Hall–Kier alpha value is -2.53. The first-order valence-corrected chi connectivity index (χ1v) is 8.34. The van der Waals surface area contributed by atoms with E-state index < -0.39 is 6.04 Å². The number of halogens is 1. The fourth-order valence-corrected chi connectivity index (χ4v) is 2.70. The minimum Gasteiger partial charge on any atom is -0.341 e. The van der Waals surface area contributed by atoms with Gasteiger partial charge in [-0.1, -0.05) is 48.5 Å². The first-order chi connectivity index (χ1) is 12.0. The molecule has 0 heterocycles. The summed E-state index contributed by atoms with van der Waals surface area (Å²) in [5, 5.41) is 2.79. The molecule has 2 N–H and O–H groups in total. The van der Waals surface area contributed by atoms with Gasteiger partial charge in [-0.2, -0.15) is 0 Å². The molecule has 0 bridgehead atoms. The normalized spacial score (nSPS) is 13.1. The van der Waals surface area contributed by atoms with Crippen LogP contribution in [0.1, 0.15) is 18.1 Å². The van der Waals surface area contributed by atoms with Gasteiger partial charge >= 0.3 is 0 Å². The highest BCUT2D eigenvalue weighted by molar-refractivity contribution is 5.88. The zero-order valence-electron chi connectivity index (χ0n) is 14.6. The van der Waals surface area contributed by atoms with Gasteiger partial charge in [0.1, 0.15) is 12.4 Å². The molecular formula is C20H24FN2O2+. The van der Waals surface area contributed by atoms with E-state index in [1.165, 1.54) is 13.0 Å². The maximum Gasteiger partial charge on any atom is 0.275 e. The van der Waals surface area contributed by atoms with E-state index in [1.807, 2.05) is 37.4 Å². The maximum absolute atomic E-state index is 13.7. The third-order valence-corrected chi connectivity index (χ3v) is 4.02. The zero-order chi connectivity index (χ0) is 18.2. The number of carbonyl (C=O) groups is 2. The van der Waals surface area contributed by atoms with E-state index in [0.29, 0.717) is 18.5 Å². The fourth-order valence-electron chi connectivity index (χ4n) is 2.70. The molecule has 0 saturated carbocycles. The third kappa shape index (κ3) is 6.12. The van der Waals surface area contributed by atoms with E-state index in [1.54, 1.807) is 18.2 Å². The molecule has 132 valence electrons. The van der Waals surface area contributed by atoms with E-state index in [9.17, 15) is 14.0 Å². The monoisotopic (exact) mass is 343 g/mol. The lowest BCUT2D eigenvalue weighted by Crippen LogP contribution is -3.09. The lowest BCUT2D eigenvalue weighted by atomic mass is 10.0. The van der Waals surface area contributed by atoms with Gasteiger partial charge in [0.25, 0.3) is 5.91 Å². The Bertz CT molecular complexity index is 719. The van der Waals surface area contributed by atoms with Crippen molar-refractivity contribution in [2.75, 3.05) is 13.6 Å². The van der Waals surface area contributed by atoms with Crippen molar-refractivity contribution in [3.63, 3.8) is 0 Å². The second-order valence-corrected chi connectivity index (χ2v) is 6.32. The van der Waals surface area contributed by atoms with E-state index in [0.717, 1.165) is 10.5 Å². The highest BCUT2D eigenvalue weighted by Gasteiger charge is 2.20. The van der Waals surface area contributed by atoms with Crippen LogP contribution in [0.3, 0.4) is 0 Å². The standard InChI is InChI=1S/C20H23FN2O2/c1-15(24)19(12-16-8-4-3-5-9-16)22-20(25)14-23(2)13-17-10-6-7-11-18(17)21/h3-11,19H,12-14H2,1-2H3,(H,22,25)/p+1/t19-/m0/s1. The first-order valence-electron chi connectivity index (χ1n) is 8.34. The number of carbonyl (C=O) groups excluding carboxylic acids is 2. The molecule has 0 aliphatic heterocycles. The van der Waals surface area contributed by atoms with Gasteiger partial charge in [-0.15, -0.1) is 0 Å². The molecule has 0 aliphatic rings. The molecule has 0 saturated heterocycles. The minimum absolute atomic E-state index is 0.0797. The summed E-state index contributed by atoms with van der Waals surface area (Å²) in [5.74, 6) is -0.568. The Balaban J connectivity index is 1.90. The highest BCUT2D eigenvalue weighted by Crippen LogP contribution is 2.05. The summed E-state index contributed by atoms with van der Waals surface area (Å²) >= 11 is 0. The van der Waals surface area contributed by atoms with Gasteiger partial charge in [0, 0.05) is 5.56 Å². The number of rotatable bonds is 8. The molecule has 0 radical (unpaired) electrons. The zero-order valence-corrected chi connectivity index (χ0v) is 14.6. The number of likely N-dealkylation sites (N-methyl/N-ethyl adjacent to an activating group) is 1. The van der Waals surface area contributed by atoms with E-state index in [2.05, 4.69) is 5.32 Å². The maximum atomic E-state index is 13.7. The average Bonchev–Trinajstić information content (AvgIpc) is 2.57. The van der Waals surface area contributed by atoms with Crippen molar-refractivity contribution in [2.24, 2.45) is 0 Å². The summed E-state index contributed by atoms with van der Waals surface area (Å²) < 4.78 is 13.7. The molecule has 1 amide bonds. The van der Waals surface area contributed by atoms with Gasteiger partial charge in [0.15, 0.2) is 12.3 Å². The van der Waals surface area contributed by atoms with Crippen LogP contribution in [0.5, 0.6) is 0 Å². The summed E-state index contributed by atoms with van der Waals surface area (Å²) in [7, 11) is 1.83. The average molecular weight is 343 g/mol. The van der Waals surface area contributed by atoms with Gasteiger partial charge in [-0.3, -0.25) is 9.59 Å². The highest BCUT2D eigenvalue weighted by atomic mass is 19.1. The van der Waals surface area contributed by atoms with Crippen molar-refractivity contribution < 1.29 is 18.9 Å². The van der Waals surface area contributed by atoms with Crippen molar-refractivity contribution >= 4 is 11.7 Å². The van der Waals surface area contributed by atoms with E-state index in [-0.39, 0.29) is 24.1 Å². The van der Waals surface area contributed by atoms with Crippen LogP contribution in [-0.4, -0.2) is 31.3 Å². The lowest BCUT2D eigenvalue weighted by molar-refractivity contribution is -0.885. The molecule has 2 atom stereocenters. The van der Waals surface area contributed by atoms with Crippen molar-refractivity contribution in [2.45, 2.75) is 25.9 Å². The third-order valence-electron chi connectivity index (χ3n) is 4.02. The Kier molecular flexibility index (Phi) is 6.83. The first kappa shape index (κ1) is 18.8. The lowest BCUT2D eigenvalue weighted by Gasteiger charge is -2.18. The van der Waals surface area contributed by atoms with Crippen LogP contribution in [0.2, 0.25) is 0 Å².